The number of rotatable bonds is 3. The summed E-state index contributed by atoms with van der Waals surface area (Å²) < 4.78 is 38.8. The Balaban J connectivity index is 3.16. The Morgan fingerprint density at radius 1 is 1.31 bits per heavy atom. The van der Waals surface area contributed by atoms with Gasteiger partial charge in [0, 0.05) is 14.1 Å². The van der Waals surface area contributed by atoms with Crippen molar-refractivity contribution in [1.29, 1.82) is 0 Å². The van der Waals surface area contributed by atoms with Crippen LogP contribution in [0.3, 0.4) is 0 Å². The van der Waals surface area contributed by atoms with Crippen molar-refractivity contribution in [3.8, 4) is 0 Å². The van der Waals surface area contributed by atoms with Gasteiger partial charge < -0.3 is 10.6 Å². The molecular formula is C11H15F3N2. The van der Waals surface area contributed by atoms with Gasteiger partial charge in [-0.15, -0.1) is 0 Å². The van der Waals surface area contributed by atoms with Crippen molar-refractivity contribution < 1.29 is 13.2 Å². The van der Waals surface area contributed by atoms with E-state index in [-0.39, 0.29) is 5.56 Å². The van der Waals surface area contributed by atoms with Crippen molar-refractivity contribution >= 4 is 5.69 Å². The lowest BCUT2D eigenvalue weighted by Crippen LogP contribution is -2.40. The van der Waals surface area contributed by atoms with E-state index in [0.29, 0.717) is 5.69 Å². The molecule has 1 aromatic rings. The molecule has 5 heteroatoms. The highest BCUT2D eigenvalue weighted by atomic mass is 19.3. The van der Waals surface area contributed by atoms with Crippen molar-refractivity contribution in [2.75, 3.05) is 19.0 Å². The van der Waals surface area contributed by atoms with Gasteiger partial charge in [-0.1, -0.05) is 6.07 Å². The van der Waals surface area contributed by atoms with Gasteiger partial charge in [0.2, 0.25) is 0 Å². The lowest BCUT2D eigenvalue weighted by Gasteiger charge is -2.25. The maximum absolute atomic E-state index is 13.6. The molecule has 2 nitrogen and oxygen atoms in total. The summed E-state index contributed by atoms with van der Waals surface area (Å²) in [5.41, 5.74) is 4.05. The predicted octanol–water partition coefficient (Wildman–Crippen LogP) is 2.33. The van der Waals surface area contributed by atoms with Crippen LogP contribution in [0.25, 0.3) is 0 Å². The first-order valence-corrected chi connectivity index (χ1v) is 4.81. The van der Waals surface area contributed by atoms with Crippen LogP contribution >= 0.6 is 0 Å². The quantitative estimate of drug-likeness (QED) is 0.866. The molecule has 0 aliphatic heterocycles. The molecule has 0 saturated carbocycles. The van der Waals surface area contributed by atoms with E-state index < -0.39 is 17.8 Å². The van der Waals surface area contributed by atoms with Gasteiger partial charge >= 0.3 is 0 Å². The predicted molar refractivity (Wildman–Crippen MR) is 58.3 cm³/mol. The molecule has 1 aromatic carbocycles. The van der Waals surface area contributed by atoms with Crippen LogP contribution in [0, 0.1) is 5.82 Å². The van der Waals surface area contributed by atoms with E-state index in [4.69, 9.17) is 5.73 Å². The van der Waals surface area contributed by atoms with Crippen molar-refractivity contribution in [3.63, 3.8) is 0 Å². The topological polar surface area (TPSA) is 29.3 Å². The summed E-state index contributed by atoms with van der Waals surface area (Å²) in [7, 11) is 3.35. The second-order valence-electron chi connectivity index (χ2n) is 4.14. The summed E-state index contributed by atoms with van der Waals surface area (Å²) in [5, 5.41) is 0. The van der Waals surface area contributed by atoms with Gasteiger partial charge in [-0.05, 0) is 24.6 Å². The van der Waals surface area contributed by atoms with Gasteiger partial charge in [0.05, 0.1) is 11.2 Å². The molecule has 0 bridgehead atoms. The maximum atomic E-state index is 13.6. The van der Waals surface area contributed by atoms with Gasteiger partial charge in [-0.2, -0.15) is 0 Å². The fourth-order valence-corrected chi connectivity index (χ4v) is 1.33. The summed E-state index contributed by atoms with van der Waals surface area (Å²) in [6.07, 6.45) is -2.74. The van der Waals surface area contributed by atoms with Gasteiger partial charge in [-0.3, -0.25) is 0 Å². The van der Waals surface area contributed by atoms with Crippen LogP contribution < -0.4 is 10.6 Å². The third kappa shape index (κ3) is 2.29. The normalized spacial score (nSPS) is 15.0. The molecule has 1 unspecified atom stereocenters. The van der Waals surface area contributed by atoms with Crippen molar-refractivity contribution in [2.45, 2.75) is 18.9 Å². The zero-order valence-electron chi connectivity index (χ0n) is 9.47. The van der Waals surface area contributed by atoms with Crippen LogP contribution in [0.5, 0.6) is 0 Å². The lowest BCUT2D eigenvalue weighted by molar-refractivity contribution is 0.0624. The molecule has 16 heavy (non-hydrogen) atoms. The third-order valence-corrected chi connectivity index (χ3v) is 2.50. The van der Waals surface area contributed by atoms with E-state index in [2.05, 4.69) is 0 Å². The number of nitrogens with two attached hydrogens (primary N) is 1. The fraction of sp³-hybridized carbons (Fsp3) is 0.455. The van der Waals surface area contributed by atoms with Crippen molar-refractivity contribution in [1.82, 2.24) is 0 Å². The number of alkyl halides is 2. The van der Waals surface area contributed by atoms with E-state index in [9.17, 15) is 13.2 Å². The second kappa shape index (κ2) is 4.33. The zero-order valence-corrected chi connectivity index (χ0v) is 9.47. The molecule has 0 spiro atoms. The van der Waals surface area contributed by atoms with E-state index in [1.54, 1.807) is 19.0 Å². The number of halogens is 3. The fourth-order valence-electron chi connectivity index (χ4n) is 1.33. The van der Waals surface area contributed by atoms with E-state index in [0.717, 1.165) is 6.07 Å². The number of anilines is 1. The Hall–Kier alpha value is -1.23. The Bertz CT molecular complexity index is 375. The van der Waals surface area contributed by atoms with Gasteiger partial charge in [0.15, 0.2) is 0 Å². The molecule has 0 aliphatic carbocycles. The SMILES string of the molecule is CN(C)c1ccc(C(C)(N)C(F)F)cc1F. The number of hydrogen-bond donors (Lipinski definition) is 1. The van der Waals surface area contributed by atoms with Gasteiger partial charge in [0.1, 0.15) is 5.82 Å². The first-order chi connectivity index (χ1) is 7.26. The molecule has 90 valence electrons. The number of hydrogen-bond acceptors (Lipinski definition) is 2. The summed E-state index contributed by atoms with van der Waals surface area (Å²) >= 11 is 0. The maximum Gasteiger partial charge on any atom is 0.260 e. The Kier molecular flexibility index (Phi) is 3.48. The standard InChI is InChI=1S/C11H15F3N2/c1-11(15,10(13)14)7-4-5-9(16(2)3)8(12)6-7/h4-6,10H,15H2,1-3H3. The number of benzene rings is 1. The summed E-state index contributed by atoms with van der Waals surface area (Å²) in [4.78, 5) is 1.56. The summed E-state index contributed by atoms with van der Waals surface area (Å²) in [6.45, 7) is 1.18. The van der Waals surface area contributed by atoms with Crippen molar-refractivity contribution in [2.24, 2.45) is 5.73 Å². The first kappa shape index (κ1) is 12.8. The highest BCUT2D eigenvalue weighted by Crippen LogP contribution is 2.28. The average molecular weight is 232 g/mol. The Labute approximate surface area is 92.9 Å². The molecule has 0 radical (unpaired) electrons. The minimum absolute atomic E-state index is 0.0885. The van der Waals surface area contributed by atoms with Crippen LogP contribution in [-0.4, -0.2) is 20.5 Å². The van der Waals surface area contributed by atoms with Crippen LogP contribution in [0.1, 0.15) is 12.5 Å². The van der Waals surface area contributed by atoms with E-state index >= 15 is 0 Å². The van der Waals surface area contributed by atoms with Crippen molar-refractivity contribution in [3.05, 3.63) is 29.6 Å². The second-order valence-corrected chi connectivity index (χ2v) is 4.14. The average Bonchev–Trinajstić information content (AvgIpc) is 2.16. The third-order valence-electron chi connectivity index (χ3n) is 2.50. The van der Waals surface area contributed by atoms with E-state index in [1.807, 2.05) is 0 Å². The molecule has 0 amide bonds. The summed E-state index contributed by atoms with van der Waals surface area (Å²) in [6, 6.07) is 3.92. The number of nitrogens with zero attached hydrogens (tertiary/aromatic N) is 1. The van der Waals surface area contributed by atoms with Crippen LogP contribution in [0.15, 0.2) is 18.2 Å². The monoisotopic (exact) mass is 232 g/mol. The van der Waals surface area contributed by atoms with Crippen LogP contribution in [0.2, 0.25) is 0 Å². The molecule has 0 saturated heterocycles. The lowest BCUT2D eigenvalue weighted by atomic mass is 9.93. The highest BCUT2D eigenvalue weighted by molar-refractivity contribution is 5.48. The van der Waals surface area contributed by atoms with Crippen LogP contribution in [0.4, 0.5) is 18.9 Å². The minimum Gasteiger partial charge on any atom is -0.375 e. The molecule has 0 fully saturated rings. The molecule has 0 heterocycles. The zero-order chi connectivity index (χ0) is 12.5. The smallest absolute Gasteiger partial charge is 0.260 e. The van der Waals surface area contributed by atoms with E-state index in [1.165, 1.54) is 19.1 Å². The molecule has 0 aliphatic rings. The highest BCUT2D eigenvalue weighted by Gasteiger charge is 2.32. The first-order valence-electron chi connectivity index (χ1n) is 4.81. The summed E-state index contributed by atoms with van der Waals surface area (Å²) in [5.74, 6) is -0.556. The molecule has 2 N–H and O–H groups in total. The van der Waals surface area contributed by atoms with Gasteiger partial charge in [-0.25, -0.2) is 13.2 Å². The molecular weight excluding hydrogens is 217 g/mol. The largest absolute Gasteiger partial charge is 0.375 e. The molecule has 0 aromatic heterocycles. The Morgan fingerprint density at radius 2 is 1.88 bits per heavy atom. The van der Waals surface area contributed by atoms with Crippen LogP contribution in [-0.2, 0) is 5.54 Å². The molecule has 1 atom stereocenters. The molecule has 1 rings (SSSR count). The Morgan fingerprint density at radius 3 is 2.25 bits per heavy atom. The van der Waals surface area contributed by atoms with Gasteiger partial charge in [0.25, 0.3) is 6.43 Å². The minimum atomic E-state index is -2.74.